The summed E-state index contributed by atoms with van der Waals surface area (Å²) in [5, 5.41) is 11.3. The molecule has 0 spiro atoms. The Kier molecular flexibility index (Phi) is 4.59. The standard InChI is InChI=1S/C15H17ClN6O/c1-10-9-13(19-12-5-3-11(16)4-6-12)22-14(18-10)20-15(21-22)23-8-7-17-2/h3-6,9,17,19H,7-8H2,1-2H3. The van der Waals surface area contributed by atoms with E-state index in [2.05, 4.69) is 25.7 Å². The summed E-state index contributed by atoms with van der Waals surface area (Å²) >= 11 is 5.91. The fourth-order valence-electron chi connectivity index (χ4n) is 2.04. The molecule has 0 bridgehead atoms. The van der Waals surface area contributed by atoms with E-state index in [9.17, 15) is 0 Å². The molecule has 23 heavy (non-hydrogen) atoms. The average Bonchev–Trinajstić information content (AvgIpc) is 2.92. The minimum absolute atomic E-state index is 0.303. The third-order valence-electron chi connectivity index (χ3n) is 3.12. The largest absolute Gasteiger partial charge is 0.461 e. The Hall–Kier alpha value is -2.38. The van der Waals surface area contributed by atoms with Gasteiger partial charge in [0.1, 0.15) is 12.4 Å². The summed E-state index contributed by atoms with van der Waals surface area (Å²) in [6.45, 7) is 3.12. The van der Waals surface area contributed by atoms with E-state index in [1.807, 2.05) is 44.3 Å². The lowest BCUT2D eigenvalue weighted by Gasteiger charge is -2.08. The second-order valence-corrected chi connectivity index (χ2v) is 5.41. The summed E-state index contributed by atoms with van der Waals surface area (Å²) in [4.78, 5) is 8.66. The fourth-order valence-corrected chi connectivity index (χ4v) is 2.17. The Morgan fingerprint density at radius 3 is 2.74 bits per heavy atom. The second kappa shape index (κ2) is 6.80. The van der Waals surface area contributed by atoms with Crippen molar-refractivity contribution in [1.29, 1.82) is 0 Å². The quantitative estimate of drug-likeness (QED) is 0.675. The summed E-state index contributed by atoms with van der Waals surface area (Å²) < 4.78 is 7.12. The maximum absolute atomic E-state index is 5.91. The first kappa shape index (κ1) is 15.5. The average molecular weight is 333 g/mol. The number of halogens is 1. The normalized spacial score (nSPS) is 10.9. The van der Waals surface area contributed by atoms with Crippen LogP contribution in [0.3, 0.4) is 0 Å². The Bertz CT molecular complexity index is 802. The van der Waals surface area contributed by atoms with Crippen LogP contribution in [-0.2, 0) is 0 Å². The van der Waals surface area contributed by atoms with Crippen LogP contribution >= 0.6 is 11.6 Å². The van der Waals surface area contributed by atoms with E-state index in [0.717, 1.165) is 23.7 Å². The second-order valence-electron chi connectivity index (χ2n) is 4.97. The van der Waals surface area contributed by atoms with E-state index in [-0.39, 0.29) is 0 Å². The van der Waals surface area contributed by atoms with Gasteiger partial charge < -0.3 is 15.4 Å². The number of benzene rings is 1. The molecule has 7 nitrogen and oxygen atoms in total. The number of nitrogens with one attached hydrogen (secondary N) is 2. The summed E-state index contributed by atoms with van der Waals surface area (Å²) in [5.41, 5.74) is 1.73. The van der Waals surface area contributed by atoms with E-state index in [4.69, 9.17) is 16.3 Å². The lowest BCUT2D eigenvalue weighted by molar-refractivity contribution is 0.294. The van der Waals surface area contributed by atoms with Gasteiger partial charge in [0.25, 0.3) is 5.78 Å². The van der Waals surface area contributed by atoms with Crippen molar-refractivity contribution in [2.24, 2.45) is 0 Å². The van der Waals surface area contributed by atoms with Gasteiger partial charge in [-0.1, -0.05) is 11.6 Å². The predicted octanol–water partition coefficient (Wildman–Crippen LogP) is 2.43. The minimum Gasteiger partial charge on any atom is -0.461 e. The summed E-state index contributed by atoms with van der Waals surface area (Å²) in [5.74, 6) is 1.24. The van der Waals surface area contributed by atoms with Crippen LogP contribution in [0.15, 0.2) is 30.3 Å². The summed E-state index contributed by atoms with van der Waals surface area (Å²) in [6, 6.07) is 9.63. The van der Waals surface area contributed by atoms with Gasteiger partial charge in [0, 0.05) is 29.0 Å². The zero-order valence-electron chi connectivity index (χ0n) is 12.9. The van der Waals surface area contributed by atoms with Gasteiger partial charge >= 0.3 is 6.01 Å². The van der Waals surface area contributed by atoms with Crippen LogP contribution in [0.5, 0.6) is 6.01 Å². The number of rotatable bonds is 6. The van der Waals surface area contributed by atoms with Gasteiger partial charge in [0.2, 0.25) is 0 Å². The Balaban J connectivity index is 1.90. The Morgan fingerprint density at radius 2 is 2.00 bits per heavy atom. The van der Waals surface area contributed by atoms with Crippen molar-refractivity contribution in [3.8, 4) is 6.01 Å². The minimum atomic E-state index is 0.303. The van der Waals surface area contributed by atoms with Crippen LogP contribution in [-0.4, -0.2) is 39.8 Å². The first-order valence-corrected chi connectivity index (χ1v) is 7.58. The zero-order chi connectivity index (χ0) is 16.2. The van der Waals surface area contributed by atoms with Crippen molar-refractivity contribution in [3.05, 3.63) is 41.0 Å². The molecule has 0 unspecified atom stereocenters. The van der Waals surface area contributed by atoms with E-state index in [1.165, 1.54) is 0 Å². The SMILES string of the molecule is CNCCOc1nc2nc(C)cc(Nc3ccc(Cl)cc3)n2n1. The number of anilines is 2. The van der Waals surface area contributed by atoms with E-state index >= 15 is 0 Å². The molecule has 8 heteroatoms. The first-order valence-electron chi connectivity index (χ1n) is 7.20. The van der Waals surface area contributed by atoms with Gasteiger partial charge in [-0.15, -0.1) is 5.10 Å². The van der Waals surface area contributed by atoms with Gasteiger partial charge in [-0.2, -0.15) is 9.50 Å². The van der Waals surface area contributed by atoms with Gasteiger partial charge in [-0.25, -0.2) is 4.98 Å². The van der Waals surface area contributed by atoms with Crippen molar-refractivity contribution in [1.82, 2.24) is 24.9 Å². The number of aryl methyl sites for hydroxylation is 1. The van der Waals surface area contributed by atoms with Crippen molar-refractivity contribution in [2.45, 2.75) is 6.92 Å². The number of hydrogen-bond acceptors (Lipinski definition) is 6. The number of ether oxygens (including phenoxy) is 1. The molecule has 0 aliphatic carbocycles. The highest BCUT2D eigenvalue weighted by molar-refractivity contribution is 6.30. The van der Waals surface area contributed by atoms with E-state index < -0.39 is 0 Å². The molecule has 0 radical (unpaired) electrons. The lowest BCUT2D eigenvalue weighted by atomic mass is 10.3. The van der Waals surface area contributed by atoms with Gasteiger partial charge in [-0.3, -0.25) is 0 Å². The van der Waals surface area contributed by atoms with Crippen LogP contribution in [0.25, 0.3) is 5.78 Å². The number of hydrogen-bond donors (Lipinski definition) is 2. The van der Waals surface area contributed by atoms with Crippen molar-refractivity contribution in [2.75, 3.05) is 25.5 Å². The molecule has 2 heterocycles. The zero-order valence-corrected chi connectivity index (χ0v) is 13.6. The first-order chi connectivity index (χ1) is 11.2. The number of aromatic nitrogens is 4. The highest BCUT2D eigenvalue weighted by Crippen LogP contribution is 2.20. The fraction of sp³-hybridized carbons (Fsp3) is 0.267. The molecule has 3 aromatic rings. The summed E-state index contributed by atoms with van der Waals surface area (Å²) in [6.07, 6.45) is 0. The van der Waals surface area contributed by atoms with Crippen LogP contribution in [0.2, 0.25) is 5.02 Å². The summed E-state index contributed by atoms with van der Waals surface area (Å²) in [7, 11) is 1.86. The van der Waals surface area contributed by atoms with Gasteiger partial charge in [-0.05, 0) is 38.2 Å². The molecule has 3 rings (SSSR count). The number of likely N-dealkylation sites (N-methyl/N-ethyl adjacent to an activating group) is 1. The number of fused-ring (bicyclic) bond motifs is 1. The Morgan fingerprint density at radius 1 is 1.22 bits per heavy atom. The van der Waals surface area contributed by atoms with Crippen LogP contribution in [0.1, 0.15) is 5.69 Å². The maximum Gasteiger partial charge on any atom is 0.337 e. The highest BCUT2D eigenvalue weighted by atomic mass is 35.5. The molecule has 1 aromatic carbocycles. The van der Waals surface area contributed by atoms with Crippen molar-refractivity contribution < 1.29 is 4.74 Å². The molecule has 2 N–H and O–H groups in total. The molecule has 2 aromatic heterocycles. The molecule has 0 saturated heterocycles. The molecular formula is C15H17ClN6O. The topological polar surface area (TPSA) is 76.4 Å². The molecule has 0 aliphatic heterocycles. The third kappa shape index (κ3) is 3.69. The lowest BCUT2D eigenvalue weighted by Crippen LogP contribution is -2.16. The Labute approximate surface area is 138 Å². The molecule has 0 amide bonds. The van der Waals surface area contributed by atoms with E-state index in [1.54, 1.807) is 4.52 Å². The smallest absolute Gasteiger partial charge is 0.337 e. The van der Waals surface area contributed by atoms with Crippen LogP contribution in [0, 0.1) is 6.92 Å². The van der Waals surface area contributed by atoms with Crippen LogP contribution in [0.4, 0.5) is 11.5 Å². The predicted molar refractivity (Wildman–Crippen MR) is 89.7 cm³/mol. The van der Waals surface area contributed by atoms with Gasteiger partial charge in [0.05, 0.1) is 0 Å². The molecule has 0 aliphatic rings. The van der Waals surface area contributed by atoms with Crippen LogP contribution < -0.4 is 15.4 Å². The molecule has 120 valence electrons. The molecule has 0 fully saturated rings. The highest BCUT2D eigenvalue weighted by Gasteiger charge is 2.11. The third-order valence-corrected chi connectivity index (χ3v) is 3.37. The molecule has 0 saturated carbocycles. The van der Waals surface area contributed by atoms with Crippen molar-refractivity contribution >= 4 is 28.9 Å². The number of nitrogens with zero attached hydrogens (tertiary/aromatic N) is 4. The van der Waals surface area contributed by atoms with Crippen molar-refractivity contribution in [3.63, 3.8) is 0 Å². The molecule has 0 atom stereocenters. The monoisotopic (exact) mass is 332 g/mol. The molecular weight excluding hydrogens is 316 g/mol. The van der Waals surface area contributed by atoms with Gasteiger partial charge in [0.15, 0.2) is 0 Å². The maximum atomic E-state index is 5.91. The van der Waals surface area contributed by atoms with E-state index in [0.29, 0.717) is 23.4 Å².